The lowest BCUT2D eigenvalue weighted by atomic mass is 10.0. The minimum absolute atomic E-state index is 0.0525. The summed E-state index contributed by atoms with van der Waals surface area (Å²) in [6.07, 6.45) is 1.78. The molecule has 2 heterocycles. The molecule has 1 unspecified atom stereocenters. The second-order valence-corrected chi connectivity index (χ2v) is 10.7. The maximum Gasteiger partial charge on any atom is 0.284 e. The standard InChI is InChI=1S/C16H21N5O4S3/c1-3-17-15-18-19-16(27-15)26-14-7-6-12(9-13(14)21(22)23)28(24,25)20-8-4-5-11(2)10-20/h6-7,9,11H,3-5,8,10H2,1-2H3,(H,17,18). The van der Waals surface area contributed by atoms with Crippen molar-refractivity contribution in [1.29, 1.82) is 0 Å². The fourth-order valence-electron chi connectivity index (χ4n) is 2.97. The number of rotatable bonds is 7. The fourth-order valence-corrected chi connectivity index (χ4v) is 6.45. The van der Waals surface area contributed by atoms with Gasteiger partial charge in [-0.25, -0.2) is 8.42 Å². The van der Waals surface area contributed by atoms with Crippen LogP contribution in [-0.4, -0.2) is 47.5 Å². The van der Waals surface area contributed by atoms with Crippen molar-refractivity contribution in [3.63, 3.8) is 0 Å². The van der Waals surface area contributed by atoms with Crippen LogP contribution in [0.25, 0.3) is 0 Å². The zero-order valence-electron chi connectivity index (χ0n) is 15.5. The maximum atomic E-state index is 12.9. The summed E-state index contributed by atoms with van der Waals surface area (Å²) in [5.41, 5.74) is -0.253. The molecular weight excluding hydrogens is 422 g/mol. The third kappa shape index (κ3) is 4.62. The molecular formula is C16H21N5O4S3. The van der Waals surface area contributed by atoms with Gasteiger partial charge < -0.3 is 5.32 Å². The second kappa shape index (κ2) is 8.72. The first-order chi connectivity index (χ1) is 13.3. The van der Waals surface area contributed by atoms with E-state index in [9.17, 15) is 18.5 Å². The third-order valence-electron chi connectivity index (χ3n) is 4.32. The summed E-state index contributed by atoms with van der Waals surface area (Å²) in [7, 11) is -3.76. The zero-order valence-corrected chi connectivity index (χ0v) is 17.9. The van der Waals surface area contributed by atoms with Crippen LogP contribution in [0.5, 0.6) is 0 Å². The van der Waals surface area contributed by atoms with E-state index in [1.165, 1.54) is 27.8 Å². The van der Waals surface area contributed by atoms with E-state index in [0.29, 0.717) is 34.0 Å². The molecule has 0 bridgehead atoms. The molecule has 0 amide bonds. The number of nitrogens with zero attached hydrogens (tertiary/aromatic N) is 4. The number of nitro benzene ring substituents is 1. The highest BCUT2D eigenvalue weighted by atomic mass is 32.2. The Bertz CT molecular complexity index is 963. The molecule has 1 aliphatic heterocycles. The number of hydrogen-bond acceptors (Lipinski definition) is 9. The van der Waals surface area contributed by atoms with E-state index >= 15 is 0 Å². The van der Waals surface area contributed by atoms with Crippen LogP contribution in [0.1, 0.15) is 26.7 Å². The Labute approximate surface area is 171 Å². The smallest absolute Gasteiger partial charge is 0.284 e. The SMILES string of the molecule is CCNc1nnc(Sc2ccc(S(=O)(=O)N3CCCC(C)C3)cc2[N+](=O)[O-])s1. The minimum Gasteiger partial charge on any atom is -0.360 e. The number of nitro groups is 1. The Morgan fingerprint density at radius 2 is 2.21 bits per heavy atom. The second-order valence-electron chi connectivity index (χ2n) is 6.50. The van der Waals surface area contributed by atoms with Gasteiger partial charge in [-0.15, -0.1) is 10.2 Å². The molecule has 1 aromatic heterocycles. The topological polar surface area (TPSA) is 118 Å². The summed E-state index contributed by atoms with van der Waals surface area (Å²) in [4.78, 5) is 11.3. The van der Waals surface area contributed by atoms with Gasteiger partial charge in [0.15, 0.2) is 4.34 Å². The van der Waals surface area contributed by atoms with Crippen LogP contribution < -0.4 is 5.32 Å². The minimum atomic E-state index is -3.76. The van der Waals surface area contributed by atoms with Gasteiger partial charge in [0.1, 0.15) is 0 Å². The van der Waals surface area contributed by atoms with E-state index in [0.717, 1.165) is 30.7 Å². The number of sulfonamides is 1. The molecule has 3 rings (SSSR count). The molecule has 0 spiro atoms. The van der Waals surface area contributed by atoms with Crippen molar-refractivity contribution in [2.24, 2.45) is 5.92 Å². The van der Waals surface area contributed by atoms with Crippen molar-refractivity contribution in [1.82, 2.24) is 14.5 Å². The van der Waals surface area contributed by atoms with Gasteiger partial charge >= 0.3 is 0 Å². The van der Waals surface area contributed by atoms with Crippen LogP contribution in [0, 0.1) is 16.0 Å². The van der Waals surface area contributed by atoms with Gasteiger partial charge in [0.05, 0.1) is 14.7 Å². The molecule has 12 heteroatoms. The van der Waals surface area contributed by atoms with Crippen molar-refractivity contribution in [3.05, 3.63) is 28.3 Å². The van der Waals surface area contributed by atoms with E-state index in [-0.39, 0.29) is 16.5 Å². The predicted molar refractivity (Wildman–Crippen MR) is 108 cm³/mol. The highest BCUT2D eigenvalue weighted by molar-refractivity contribution is 8.01. The molecule has 0 saturated carbocycles. The molecule has 1 N–H and O–H groups in total. The van der Waals surface area contributed by atoms with Crippen LogP contribution in [0.15, 0.2) is 32.3 Å². The molecule has 0 aliphatic carbocycles. The monoisotopic (exact) mass is 443 g/mol. The Kier molecular flexibility index (Phi) is 6.53. The quantitative estimate of drug-likeness (QED) is 0.510. The molecule has 9 nitrogen and oxygen atoms in total. The van der Waals surface area contributed by atoms with E-state index in [1.54, 1.807) is 0 Å². The average Bonchev–Trinajstić information content (AvgIpc) is 3.09. The van der Waals surface area contributed by atoms with Gasteiger partial charge in [-0.3, -0.25) is 10.1 Å². The van der Waals surface area contributed by atoms with Gasteiger partial charge in [-0.1, -0.05) is 18.3 Å². The van der Waals surface area contributed by atoms with E-state index in [1.807, 2.05) is 13.8 Å². The Hall–Kier alpha value is -1.76. The maximum absolute atomic E-state index is 12.9. The van der Waals surface area contributed by atoms with Crippen LogP contribution in [0.3, 0.4) is 0 Å². The zero-order chi connectivity index (χ0) is 20.3. The number of aromatic nitrogens is 2. The molecule has 0 radical (unpaired) electrons. The Balaban J connectivity index is 1.89. The summed E-state index contributed by atoms with van der Waals surface area (Å²) >= 11 is 2.39. The molecule has 1 aromatic carbocycles. The number of hydrogen-bond donors (Lipinski definition) is 1. The van der Waals surface area contributed by atoms with Crippen LogP contribution >= 0.6 is 23.1 Å². The number of nitrogens with one attached hydrogen (secondary N) is 1. The van der Waals surface area contributed by atoms with E-state index < -0.39 is 14.9 Å². The van der Waals surface area contributed by atoms with Crippen LogP contribution in [0.4, 0.5) is 10.8 Å². The van der Waals surface area contributed by atoms with Crippen LogP contribution in [0.2, 0.25) is 0 Å². The first kappa shape index (κ1) is 21.0. The molecule has 1 fully saturated rings. The fraction of sp³-hybridized carbons (Fsp3) is 0.500. The van der Waals surface area contributed by atoms with Crippen LogP contribution in [-0.2, 0) is 10.0 Å². The third-order valence-corrected chi connectivity index (χ3v) is 8.17. The molecule has 152 valence electrons. The van der Waals surface area contributed by atoms with Gasteiger partial charge in [0, 0.05) is 25.7 Å². The lowest BCUT2D eigenvalue weighted by molar-refractivity contribution is -0.388. The number of benzene rings is 1. The summed E-state index contributed by atoms with van der Waals surface area (Å²) in [5.74, 6) is 0.275. The largest absolute Gasteiger partial charge is 0.360 e. The van der Waals surface area contributed by atoms with Gasteiger partial charge in [0.25, 0.3) is 5.69 Å². The van der Waals surface area contributed by atoms with Gasteiger partial charge in [0.2, 0.25) is 15.2 Å². The molecule has 28 heavy (non-hydrogen) atoms. The van der Waals surface area contributed by atoms with Crippen molar-refractivity contribution >= 4 is 43.9 Å². The van der Waals surface area contributed by atoms with Crippen molar-refractivity contribution in [3.8, 4) is 0 Å². The first-order valence-electron chi connectivity index (χ1n) is 8.85. The van der Waals surface area contributed by atoms with E-state index in [2.05, 4.69) is 15.5 Å². The molecule has 1 saturated heterocycles. The van der Waals surface area contributed by atoms with Crippen molar-refractivity contribution < 1.29 is 13.3 Å². The number of anilines is 1. The summed E-state index contributed by atoms with van der Waals surface area (Å²) in [6, 6.07) is 4.04. The highest BCUT2D eigenvalue weighted by Crippen LogP contribution is 2.38. The summed E-state index contributed by atoms with van der Waals surface area (Å²) < 4.78 is 27.8. The van der Waals surface area contributed by atoms with Crippen molar-refractivity contribution in [2.45, 2.75) is 40.8 Å². The molecule has 2 aromatic rings. The number of piperidine rings is 1. The lowest BCUT2D eigenvalue weighted by Gasteiger charge is -2.30. The van der Waals surface area contributed by atoms with Crippen molar-refractivity contribution in [2.75, 3.05) is 25.0 Å². The predicted octanol–water partition coefficient (Wildman–Crippen LogP) is 3.45. The summed E-state index contributed by atoms with van der Waals surface area (Å²) in [6.45, 7) is 5.51. The summed E-state index contributed by atoms with van der Waals surface area (Å²) in [5, 5.41) is 23.2. The normalized spacial score (nSPS) is 18.1. The van der Waals surface area contributed by atoms with Gasteiger partial charge in [-0.05, 0) is 49.6 Å². The highest BCUT2D eigenvalue weighted by Gasteiger charge is 2.30. The van der Waals surface area contributed by atoms with Gasteiger partial charge in [-0.2, -0.15) is 4.31 Å². The Morgan fingerprint density at radius 3 is 2.89 bits per heavy atom. The first-order valence-corrected chi connectivity index (χ1v) is 11.9. The van der Waals surface area contributed by atoms with E-state index in [4.69, 9.17) is 0 Å². The molecule has 1 atom stereocenters. The molecule has 1 aliphatic rings. The average molecular weight is 444 g/mol. The Morgan fingerprint density at radius 1 is 1.43 bits per heavy atom. The lowest BCUT2D eigenvalue weighted by Crippen LogP contribution is -2.39.